The number of benzene rings is 1. The fraction of sp³-hybridized carbons (Fsp3) is 0.474. The predicted octanol–water partition coefficient (Wildman–Crippen LogP) is 3.72. The van der Waals surface area contributed by atoms with Gasteiger partial charge in [-0.1, -0.05) is 26.8 Å². The van der Waals surface area contributed by atoms with Crippen LogP contribution in [0.15, 0.2) is 28.6 Å². The van der Waals surface area contributed by atoms with Gasteiger partial charge in [0.15, 0.2) is 17.5 Å². The van der Waals surface area contributed by atoms with Gasteiger partial charge in [-0.2, -0.15) is 0 Å². The molecule has 0 aliphatic carbocycles. The van der Waals surface area contributed by atoms with Crippen molar-refractivity contribution in [2.45, 2.75) is 39.2 Å². The number of rotatable bonds is 7. The minimum atomic E-state index is 0. The molecule has 0 saturated carbocycles. The van der Waals surface area contributed by atoms with Crippen LogP contribution in [0.2, 0.25) is 0 Å². The maximum atomic E-state index is 5.95. The number of nitrogens with one attached hydrogen (secondary N) is 1. The number of aromatic nitrogens is 1. The molecular formula is C19H29IN4O2S. The number of nitrogens with two attached hydrogens (primary N) is 1. The van der Waals surface area contributed by atoms with E-state index < -0.39 is 0 Å². The molecule has 0 aliphatic heterocycles. The van der Waals surface area contributed by atoms with Gasteiger partial charge in [0.2, 0.25) is 0 Å². The molecule has 2 rings (SSSR count). The van der Waals surface area contributed by atoms with Crippen LogP contribution in [-0.2, 0) is 18.4 Å². The summed E-state index contributed by atoms with van der Waals surface area (Å²) in [5, 5.41) is 6.29. The van der Waals surface area contributed by atoms with Crippen molar-refractivity contribution in [1.29, 1.82) is 0 Å². The van der Waals surface area contributed by atoms with E-state index >= 15 is 0 Å². The first-order chi connectivity index (χ1) is 12.3. The highest BCUT2D eigenvalue weighted by molar-refractivity contribution is 14.0. The third-order valence-corrected chi connectivity index (χ3v) is 5.09. The fourth-order valence-corrected chi connectivity index (χ4v) is 3.22. The largest absolute Gasteiger partial charge is 0.493 e. The fourth-order valence-electron chi connectivity index (χ4n) is 2.32. The van der Waals surface area contributed by atoms with Crippen molar-refractivity contribution < 1.29 is 9.47 Å². The first-order valence-corrected chi connectivity index (χ1v) is 9.41. The van der Waals surface area contributed by atoms with Gasteiger partial charge in [0, 0.05) is 17.3 Å². The van der Waals surface area contributed by atoms with Crippen LogP contribution in [0.1, 0.15) is 37.0 Å². The Kier molecular flexibility index (Phi) is 9.31. The summed E-state index contributed by atoms with van der Waals surface area (Å²) in [5.74, 6) is 1.88. The minimum absolute atomic E-state index is 0. The molecule has 27 heavy (non-hydrogen) atoms. The minimum Gasteiger partial charge on any atom is -0.493 e. The molecule has 3 N–H and O–H groups in total. The average molecular weight is 504 g/mol. The summed E-state index contributed by atoms with van der Waals surface area (Å²) in [6, 6.07) is 5.89. The number of aliphatic imine (C=N–C) groups is 1. The predicted molar refractivity (Wildman–Crippen MR) is 123 cm³/mol. The van der Waals surface area contributed by atoms with Gasteiger partial charge in [0.1, 0.15) is 0 Å². The lowest BCUT2D eigenvalue weighted by Crippen LogP contribution is -2.33. The van der Waals surface area contributed by atoms with Crippen molar-refractivity contribution in [3.63, 3.8) is 0 Å². The van der Waals surface area contributed by atoms with Gasteiger partial charge >= 0.3 is 0 Å². The van der Waals surface area contributed by atoms with Gasteiger partial charge in [-0.3, -0.25) is 0 Å². The van der Waals surface area contributed by atoms with Crippen molar-refractivity contribution in [3.8, 4) is 11.5 Å². The van der Waals surface area contributed by atoms with E-state index in [9.17, 15) is 0 Å². The molecule has 0 bridgehead atoms. The van der Waals surface area contributed by atoms with Crippen molar-refractivity contribution in [1.82, 2.24) is 10.3 Å². The molecule has 0 atom stereocenters. The van der Waals surface area contributed by atoms with E-state index in [-0.39, 0.29) is 29.4 Å². The maximum Gasteiger partial charge on any atom is 0.188 e. The molecule has 0 spiro atoms. The van der Waals surface area contributed by atoms with Gasteiger partial charge in [-0.05, 0) is 24.1 Å². The molecule has 6 nitrogen and oxygen atoms in total. The van der Waals surface area contributed by atoms with E-state index in [1.807, 2.05) is 23.6 Å². The van der Waals surface area contributed by atoms with Gasteiger partial charge in [-0.15, -0.1) is 35.3 Å². The van der Waals surface area contributed by atoms with Crippen molar-refractivity contribution in [2.24, 2.45) is 10.7 Å². The molecule has 0 aliphatic rings. The second kappa shape index (κ2) is 10.7. The Morgan fingerprint density at radius 2 is 1.93 bits per heavy atom. The van der Waals surface area contributed by atoms with E-state index in [0.717, 1.165) is 34.2 Å². The third kappa shape index (κ3) is 7.17. The van der Waals surface area contributed by atoms with E-state index in [4.69, 9.17) is 15.2 Å². The monoisotopic (exact) mass is 504 g/mol. The Morgan fingerprint density at radius 3 is 2.52 bits per heavy atom. The van der Waals surface area contributed by atoms with Crippen molar-refractivity contribution >= 4 is 41.3 Å². The Hall–Kier alpha value is -1.55. The lowest BCUT2D eigenvalue weighted by atomic mass is 9.98. The smallest absolute Gasteiger partial charge is 0.188 e. The number of nitrogens with zero attached hydrogens (tertiary/aromatic N) is 2. The number of thiazole rings is 1. The van der Waals surface area contributed by atoms with Crippen LogP contribution < -0.4 is 20.5 Å². The van der Waals surface area contributed by atoms with Crippen LogP contribution in [0.5, 0.6) is 11.5 Å². The Morgan fingerprint density at radius 1 is 1.22 bits per heavy atom. The summed E-state index contributed by atoms with van der Waals surface area (Å²) in [5.41, 5.74) is 8.10. The molecule has 0 unspecified atom stereocenters. The lowest BCUT2D eigenvalue weighted by Gasteiger charge is -2.13. The van der Waals surface area contributed by atoms with E-state index in [2.05, 4.69) is 36.1 Å². The molecule has 8 heteroatoms. The van der Waals surface area contributed by atoms with E-state index in [0.29, 0.717) is 19.0 Å². The third-order valence-electron chi connectivity index (χ3n) is 3.77. The second-order valence-corrected chi connectivity index (χ2v) is 7.82. The van der Waals surface area contributed by atoms with Gasteiger partial charge in [0.05, 0.1) is 31.5 Å². The zero-order valence-electron chi connectivity index (χ0n) is 16.5. The van der Waals surface area contributed by atoms with Crippen molar-refractivity contribution in [2.75, 3.05) is 20.8 Å². The van der Waals surface area contributed by atoms with Crippen LogP contribution in [0.25, 0.3) is 0 Å². The van der Waals surface area contributed by atoms with Gasteiger partial charge in [0.25, 0.3) is 0 Å². The molecule has 1 heterocycles. The normalized spacial score (nSPS) is 11.7. The highest BCUT2D eigenvalue weighted by Gasteiger charge is 2.17. The average Bonchev–Trinajstić information content (AvgIpc) is 3.09. The molecule has 0 fully saturated rings. The molecular weight excluding hydrogens is 475 g/mol. The van der Waals surface area contributed by atoms with Crippen LogP contribution in [0.4, 0.5) is 0 Å². The Bertz CT molecular complexity index is 756. The second-order valence-electron chi connectivity index (χ2n) is 6.96. The van der Waals surface area contributed by atoms with Gasteiger partial charge < -0.3 is 20.5 Å². The molecule has 150 valence electrons. The van der Waals surface area contributed by atoms with E-state index in [1.54, 1.807) is 25.6 Å². The molecule has 0 amide bonds. The topological polar surface area (TPSA) is 81.8 Å². The highest BCUT2D eigenvalue weighted by atomic mass is 127. The summed E-state index contributed by atoms with van der Waals surface area (Å²) in [4.78, 5) is 8.98. The SMILES string of the molecule is COc1ccc(CCNC(N)=NCc2csc(C(C)(C)C)n2)cc1OC.I. The molecule has 1 aromatic heterocycles. The number of guanidine groups is 1. The summed E-state index contributed by atoms with van der Waals surface area (Å²) in [7, 11) is 3.26. The first kappa shape index (κ1) is 23.5. The van der Waals surface area contributed by atoms with Crippen LogP contribution >= 0.6 is 35.3 Å². The van der Waals surface area contributed by atoms with Crippen LogP contribution in [-0.4, -0.2) is 31.7 Å². The number of hydrogen-bond donors (Lipinski definition) is 2. The molecule has 0 radical (unpaired) electrons. The number of hydrogen-bond acceptors (Lipinski definition) is 5. The maximum absolute atomic E-state index is 5.95. The molecule has 2 aromatic rings. The summed E-state index contributed by atoms with van der Waals surface area (Å²) in [6.07, 6.45) is 0.807. The first-order valence-electron chi connectivity index (χ1n) is 8.53. The van der Waals surface area contributed by atoms with Crippen LogP contribution in [0, 0.1) is 0 Å². The van der Waals surface area contributed by atoms with Gasteiger partial charge in [-0.25, -0.2) is 9.98 Å². The Labute approximate surface area is 182 Å². The van der Waals surface area contributed by atoms with E-state index in [1.165, 1.54) is 0 Å². The number of methoxy groups -OCH3 is 2. The standard InChI is InChI=1S/C19H28N4O2S.HI/c1-19(2,3)17-23-14(12-26-17)11-22-18(20)21-9-8-13-6-7-15(24-4)16(10-13)25-5;/h6-7,10,12H,8-9,11H2,1-5H3,(H3,20,21,22);1H. The zero-order chi connectivity index (χ0) is 19.2. The van der Waals surface area contributed by atoms with Crippen molar-refractivity contribution in [3.05, 3.63) is 39.8 Å². The summed E-state index contributed by atoms with van der Waals surface area (Å²) in [6.45, 7) is 7.64. The lowest BCUT2D eigenvalue weighted by molar-refractivity contribution is 0.354. The molecule has 0 saturated heterocycles. The zero-order valence-corrected chi connectivity index (χ0v) is 19.7. The number of halogens is 1. The Balaban J connectivity index is 0.00000364. The quantitative estimate of drug-likeness (QED) is 0.341. The number of ether oxygens (including phenoxy) is 2. The van der Waals surface area contributed by atoms with Crippen LogP contribution in [0.3, 0.4) is 0 Å². The highest BCUT2D eigenvalue weighted by Crippen LogP contribution is 2.27. The summed E-state index contributed by atoms with van der Waals surface area (Å²) >= 11 is 1.67. The summed E-state index contributed by atoms with van der Waals surface area (Å²) < 4.78 is 10.6. The molecule has 1 aromatic carbocycles.